The second kappa shape index (κ2) is 10.3. The lowest BCUT2D eigenvalue weighted by Crippen LogP contribution is -1.95. The molecule has 0 amide bonds. The van der Waals surface area contributed by atoms with Gasteiger partial charge in [-0.3, -0.25) is 0 Å². The van der Waals surface area contributed by atoms with Crippen LogP contribution in [0.5, 0.6) is 0 Å². The van der Waals surface area contributed by atoms with E-state index in [1.165, 1.54) is 50.5 Å². The van der Waals surface area contributed by atoms with Gasteiger partial charge in [-0.05, 0) is 12.0 Å². The number of hydrogen-bond acceptors (Lipinski definition) is 1. The fourth-order valence-corrected chi connectivity index (χ4v) is 1.93. The molecule has 0 aliphatic carbocycles. The highest BCUT2D eigenvalue weighted by atomic mass is 16.5. The third-order valence-corrected chi connectivity index (χ3v) is 3.00. The summed E-state index contributed by atoms with van der Waals surface area (Å²) in [5.74, 6) is 0. The lowest BCUT2D eigenvalue weighted by atomic mass is 10.1. The second-order valence-electron chi connectivity index (χ2n) is 4.66. The Morgan fingerprint density at radius 1 is 0.824 bits per heavy atom. The molecule has 1 aromatic rings. The maximum absolute atomic E-state index is 5.65. The van der Waals surface area contributed by atoms with Gasteiger partial charge in [0.2, 0.25) is 0 Å². The van der Waals surface area contributed by atoms with E-state index in [1.54, 1.807) is 0 Å². The van der Waals surface area contributed by atoms with E-state index in [1.807, 2.05) is 6.07 Å². The summed E-state index contributed by atoms with van der Waals surface area (Å²) >= 11 is 0. The van der Waals surface area contributed by atoms with Crippen LogP contribution in [-0.4, -0.2) is 6.61 Å². The molecule has 0 aliphatic heterocycles. The number of hydrogen-bond donors (Lipinski definition) is 0. The fraction of sp³-hybridized carbons (Fsp3) is 0.625. The van der Waals surface area contributed by atoms with E-state index in [0.717, 1.165) is 13.2 Å². The zero-order valence-electron chi connectivity index (χ0n) is 11.2. The molecule has 0 atom stereocenters. The zero-order chi connectivity index (χ0) is 12.2. The van der Waals surface area contributed by atoms with Crippen LogP contribution in [0.25, 0.3) is 0 Å². The lowest BCUT2D eigenvalue weighted by Gasteiger charge is -2.04. The van der Waals surface area contributed by atoms with Crippen LogP contribution in [0.1, 0.15) is 57.4 Å². The smallest absolute Gasteiger partial charge is 0.0716 e. The highest BCUT2D eigenvalue weighted by Gasteiger charge is 1.93. The maximum atomic E-state index is 5.65. The molecule has 0 fully saturated rings. The molecule has 17 heavy (non-hydrogen) atoms. The predicted octanol–water partition coefficient (Wildman–Crippen LogP) is 4.95. The minimum Gasteiger partial charge on any atom is -0.377 e. The topological polar surface area (TPSA) is 9.23 Å². The highest BCUT2D eigenvalue weighted by Crippen LogP contribution is 2.07. The van der Waals surface area contributed by atoms with Gasteiger partial charge in [-0.25, -0.2) is 0 Å². The van der Waals surface area contributed by atoms with Crippen molar-refractivity contribution in [2.75, 3.05) is 6.61 Å². The van der Waals surface area contributed by atoms with Crippen LogP contribution in [0.3, 0.4) is 0 Å². The van der Waals surface area contributed by atoms with Gasteiger partial charge in [0.25, 0.3) is 0 Å². The van der Waals surface area contributed by atoms with E-state index in [9.17, 15) is 0 Å². The predicted molar refractivity (Wildman–Crippen MR) is 74.1 cm³/mol. The van der Waals surface area contributed by atoms with Gasteiger partial charge < -0.3 is 4.74 Å². The summed E-state index contributed by atoms with van der Waals surface area (Å²) in [6.07, 6.45) is 9.42. The van der Waals surface area contributed by atoms with Crippen molar-refractivity contribution in [1.29, 1.82) is 0 Å². The Labute approximate surface area is 106 Å². The lowest BCUT2D eigenvalue weighted by molar-refractivity contribution is 0.116. The van der Waals surface area contributed by atoms with Crippen molar-refractivity contribution >= 4 is 0 Å². The summed E-state index contributed by atoms with van der Waals surface area (Å²) in [5.41, 5.74) is 1.27. The average molecular weight is 234 g/mol. The molecule has 0 N–H and O–H groups in total. The van der Waals surface area contributed by atoms with Crippen LogP contribution >= 0.6 is 0 Å². The van der Waals surface area contributed by atoms with E-state index < -0.39 is 0 Å². The summed E-state index contributed by atoms with van der Waals surface area (Å²) in [6.45, 7) is 3.93. The zero-order valence-corrected chi connectivity index (χ0v) is 11.2. The van der Waals surface area contributed by atoms with Crippen LogP contribution in [0.2, 0.25) is 0 Å². The molecule has 0 aromatic heterocycles. The van der Waals surface area contributed by atoms with E-state index in [2.05, 4.69) is 31.2 Å². The highest BCUT2D eigenvalue weighted by molar-refractivity contribution is 5.13. The molecule has 0 heterocycles. The summed E-state index contributed by atoms with van der Waals surface area (Å²) in [6, 6.07) is 10.4. The normalized spacial score (nSPS) is 10.6. The number of unbranched alkanes of at least 4 members (excludes halogenated alkanes) is 6. The van der Waals surface area contributed by atoms with Crippen LogP contribution in [0, 0.1) is 0 Å². The van der Waals surface area contributed by atoms with E-state index in [0.29, 0.717) is 0 Å². The number of benzene rings is 1. The molecule has 0 saturated carbocycles. The van der Waals surface area contributed by atoms with Crippen molar-refractivity contribution in [1.82, 2.24) is 0 Å². The molecule has 0 saturated heterocycles. The van der Waals surface area contributed by atoms with Gasteiger partial charge in [-0.15, -0.1) is 0 Å². The van der Waals surface area contributed by atoms with Gasteiger partial charge in [0.15, 0.2) is 0 Å². The molecular weight excluding hydrogens is 208 g/mol. The van der Waals surface area contributed by atoms with E-state index in [-0.39, 0.29) is 0 Å². The molecule has 1 aromatic carbocycles. The Morgan fingerprint density at radius 3 is 2.18 bits per heavy atom. The summed E-state index contributed by atoms with van der Waals surface area (Å²) in [5, 5.41) is 0. The maximum Gasteiger partial charge on any atom is 0.0716 e. The molecule has 0 bridgehead atoms. The molecule has 96 valence electrons. The van der Waals surface area contributed by atoms with Gasteiger partial charge in [-0.1, -0.05) is 75.8 Å². The van der Waals surface area contributed by atoms with Gasteiger partial charge in [-0.2, -0.15) is 0 Å². The second-order valence-corrected chi connectivity index (χ2v) is 4.66. The van der Waals surface area contributed by atoms with Crippen molar-refractivity contribution in [3.8, 4) is 0 Å². The van der Waals surface area contributed by atoms with Crippen LogP contribution in [-0.2, 0) is 11.3 Å². The van der Waals surface area contributed by atoms with Gasteiger partial charge in [0, 0.05) is 6.61 Å². The third kappa shape index (κ3) is 7.98. The first-order valence-corrected chi connectivity index (χ1v) is 7.05. The summed E-state index contributed by atoms with van der Waals surface area (Å²) in [4.78, 5) is 0. The van der Waals surface area contributed by atoms with Crippen molar-refractivity contribution in [2.45, 2.75) is 58.5 Å². The van der Waals surface area contributed by atoms with Crippen LogP contribution < -0.4 is 0 Å². The first-order valence-electron chi connectivity index (χ1n) is 7.05. The third-order valence-electron chi connectivity index (χ3n) is 3.00. The Balaban J connectivity index is 1.85. The van der Waals surface area contributed by atoms with E-state index in [4.69, 9.17) is 4.74 Å². The van der Waals surface area contributed by atoms with E-state index >= 15 is 0 Å². The molecule has 1 heteroatoms. The van der Waals surface area contributed by atoms with Gasteiger partial charge in [0.1, 0.15) is 0 Å². The fourth-order valence-electron chi connectivity index (χ4n) is 1.93. The molecule has 1 nitrogen and oxygen atoms in total. The molecular formula is C16H26O. The SMILES string of the molecule is CCCCCCCCCOCc1ccccc1. The summed E-state index contributed by atoms with van der Waals surface area (Å²) in [7, 11) is 0. The number of rotatable bonds is 10. The monoisotopic (exact) mass is 234 g/mol. The van der Waals surface area contributed by atoms with Gasteiger partial charge in [0.05, 0.1) is 6.61 Å². The summed E-state index contributed by atoms with van der Waals surface area (Å²) < 4.78 is 5.65. The largest absolute Gasteiger partial charge is 0.377 e. The van der Waals surface area contributed by atoms with Crippen LogP contribution in [0.15, 0.2) is 30.3 Å². The Kier molecular flexibility index (Phi) is 8.66. The van der Waals surface area contributed by atoms with Gasteiger partial charge >= 0.3 is 0 Å². The Hall–Kier alpha value is -0.820. The molecule has 1 rings (SSSR count). The Bertz CT molecular complexity index is 255. The van der Waals surface area contributed by atoms with Crippen molar-refractivity contribution in [3.63, 3.8) is 0 Å². The Morgan fingerprint density at radius 2 is 1.47 bits per heavy atom. The quantitative estimate of drug-likeness (QED) is 0.520. The average Bonchev–Trinajstić information content (AvgIpc) is 2.38. The minimum absolute atomic E-state index is 0.761. The van der Waals surface area contributed by atoms with Crippen molar-refractivity contribution < 1.29 is 4.74 Å². The first-order chi connectivity index (χ1) is 8.43. The molecule has 0 aliphatic rings. The molecule has 0 unspecified atom stereocenters. The first kappa shape index (κ1) is 14.2. The molecule has 0 spiro atoms. The van der Waals surface area contributed by atoms with Crippen molar-refractivity contribution in [2.24, 2.45) is 0 Å². The number of ether oxygens (including phenoxy) is 1. The molecule has 0 radical (unpaired) electrons. The minimum atomic E-state index is 0.761. The van der Waals surface area contributed by atoms with Crippen molar-refractivity contribution in [3.05, 3.63) is 35.9 Å². The van der Waals surface area contributed by atoms with Crippen LogP contribution in [0.4, 0.5) is 0 Å². The standard InChI is InChI=1S/C16H26O/c1-2-3-4-5-6-7-11-14-17-15-16-12-9-8-10-13-16/h8-10,12-13H,2-7,11,14-15H2,1H3.